The molecular weight excluding hydrogens is 302 g/mol. The molecule has 17 heavy (non-hydrogen) atoms. The van der Waals surface area contributed by atoms with Crippen LogP contribution in [0.25, 0.3) is 16.2 Å². The molecule has 0 saturated heterocycles. The van der Waals surface area contributed by atoms with Crippen molar-refractivity contribution in [3.63, 3.8) is 0 Å². The van der Waals surface area contributed by atoms with Crippen LogP contribution in [0.2, 0.25) is 0 Å². The molecule has 3 N–H and O–H groups in total. The summed E-state index contributed by atoms with van der Waals surface area (Å²) in [7, 11) is 1.59. The predicted octanol–water partition coefficient (Wildman–Crippen LogP) is 2.40. The van der Waals surface area contributed by atoms with Crippen LogP contribution in [-0.2, 0) is 4.79 Å². The fourth-order valence-electron chi connectivity index (χ4n) is 1.42. The Bertz CT molecular complexity index is 606. The maximum absolute atomic E-state index is 11.1. The first-order chi connectivity index (χ1) is 8.13. The number of nitrogen functional groups attached to an aromatic ring is 1. The minimum Gasteiger partial charge on any atom is -0.383 e. The molecule has 4 nitrogen and oxygen atoms in total. The smallest absolute Gasteiger partial charge is 0.243 e. The molecule has 0 spiro atoms. The number of hydrogen-bond acceptors (Lipinski definition) is 4. The number of nitrogens with two attached hydrogens (primary N) is 1. The van der Waals surface area contributed by atoms with Gasteiger partial charge in [-0.05, 0) is 22.0 Å². The Hall–Kier alpha value is -1.40. The SMILES string of the molecule is CNC(=O)/C=C/c1cnc(N)c2c(Br)csc12. The van der Waals surface area contributed by atoms with E-state index in [0.717, 1.165) is 20.1 Å². The molecule has 1 amide bonds. The van der Waals surface area contributed by atoms with Crippen LogP contribution in [0, 0.1) is 0 Å². The van der Waals surface area contributed by atoms with E-state index in [9.17, 15) is 4.79 Å². The van der Waals surface area contributed by atoms with Crippen molar-refractivity contribution in [1.29, 1.82) is 0 Å². The summed E-state index contributed by atoms with van der Waals surface area (Å²) < 4.78 is 1.95. The molecule has 0 aliphatic rings. The number of carbonyl (C=O) groups excluding carboxylic acids is 1. The molecule has 2 heterocycles. The van der Waals surface area contributed by atoms with Gasteiger partial charge in [-0.15, -0.1) is 11.3 Å². The second kappa shape index (κ2) is 4.85. The maximum atomic E-state index is 11.1. The lowest BCUT2D eigenvalue weighted by Gasteiger charge is -2.00. The third-order valence-electron chi connectivity index (χ3n) is 2.27. The number of carbonyl (C=O) groups is 1. The summed E-state index contributed by atoms with van der Waals surface area (Å²) in [4.78, 5) is 15.3. The molecule has 0 aromatic carbocycles. The predicted molar refractivity (Wildman–Crippen MR) is 74.8 cm³/mol. The number of thiophene rings is 1. The van der Waals surface area contributed by atoms with Crippen molar-refractivity contribution in [2.75, 3.05) is 12.8 Å². The van der Waals surface area contributed by atoms with Gasteiger partial charge >= 0.3 is 0 Å². The number of likely N-dealkylation sites (N-methyl/N-ethyl adjacent to an activating group) is 1. The Morgan fingerprint density at radius 1 is 1.65 bits per heavy atom. The molecule has 0 unspecified atom stereocenters. The van der Waals surface area contributed by atoms with Crippen LogP contribution in [0.4, 0.5) is 5.82 Å². The molecule has 88 valence electrons. The van der Waals surface area contributed by atoms with Crippen LogP contribution in [0.1, 0.15) is 5.56 Å². The number of hydrogen-bond donors (Lipinski definition) is 2. The van der Waals surface area contributed by atoms with E-state index >= 15 is 0 Å². The number of nitrogens with zero attached hydrogens (tertiary/aromatic N) is 1. The highest BCUT2D eigenvalue weighted by Gasteiger charge is 2.09. The van der Waals surface area contributed by atoms with E-state index in [4.69, 9.17) is 5.73 Å². The number of amides is 1. The normalized spacial score (nSPS) is 11.2. The molecule has 0 fully saturated rings. The van der Waals surface area contributed by atoms with Crippen LogP contribution < -0.4 is 11.1 Å². The lowest BCUT2D eigenvalue weighted by molar-refractivity contribution is -0.115. The van der Waals surface area contributed by atoms with E-state index in [1.807, 2.05) is 5.38 Å². The van der Waals surface area contributed by atoms with Gasteiger partial charge in [-0.1, -0.05) is 0 Å². The lowest BCUT2D eigenvalue weighted by atomic mass is 10.2. The zero-order valence-electron chi connectivity index (χ0n) is 9.03. The average Bonchev–Trinajstić information content (AvgIpc) is 2.71. The summed E-state index contributed by atoms with van der Waals surface area (Å²) in [5.74, 6) is 0.343. The third-order valence-corrected chi connectivity index (χ3v) is 4.23. The zero-order valence-corrected chi connectivity index (χ0v) is 11.4. The van der Waals surface area contributed by atoms with Crippen molar-refractivity contribution in [2.24, 2.45) is 0 Å². The highest BCUT2D eigenvalue weighted by Crippen LogP contribution is 2.35. The van der Waals surface area contributed by atoms with E-state index in [-0.39, 0.29) is 5.91 Å². The van der Waals surface area contributed by atoms with Crippen molar-refractivity contribution in [3.8, 4) is 0 Å². The summed E-state index contributed by atoms with van der Waals surface area (Å²) >= 11 is 5.00. The second-order valence-corrected chi connectivity index (χ2v) is 5.07. The van der Waals surface area contributed by atoms with Crippen molar-refractivity contribution < 1.29 is 4.79 Å². The molecule has 2 aromatic heterocycles. The van der Waals surface area contributed by atoms with Crippen molar-refractivity contribution in [1.82, 2.24) is 10.3 Å². The fraction of sp³-hybridized carbons (Fsp3) is 0.0909. The zero-order chi connectivity index (χ0) is 12.4. The van der Waals surface area contributed by atoms with Crippen LogP contribution in [0.15, 0.2) is 22.1 Å². The molecule has 0 saturated carbocycles. The quantitative estimate of drug-likeness (QED) is 0.837. The fourth-order valence-corrected chi connectivity index (χ4v) is 3.16. The molecule has 2 rings (SSSR count). The Morgan fingerprint density at radius 3 is 3.12 bits per heavy atom. The maximum Gasteiger partial charge on any atom is 0.243 e. The molecule has 0 aliphatic heterocycles. The van der Waals surface area contributed by atoms with Crippen LogP contribution >= 0.6 is 27.3 Å². The number of aromatic nitrogens is 1. The Kier molecular flexibility index (Phi) is 3.44. The lowest BCUT2D eigenvalue weighted by Crippen LogP contribution is -2.13. The minimum atomic E-state index is -0.148. The van der Waals surface area contributed by atoms with Crippen molar-refractivity contribution in [3.05, 3.63) is 27.7 Å². The van der Waals surface area contributed by atoms with Gasteiger partial charge in [0.25, 0.3) is 0 Å². The van der Waals surface area contributed by atoms with E-state index < -0.39 is 0 Å². The van der Waals surface area contributed by atoms with Gasteiger partial charge in [0, 0.05) is 44.8 Å². The van der Waals surface area contributed by atoms with E-state index in [2.05, 4.69) is 26.2 Å². The summed E-state index contributed by atoms with van der Waals surface area (Å²) in [6.07, 6.45) is 4.87. The highest BCUT2D eigenvalue weighted by molar-refractivity contribution is 9.10. The number of nitrogens with one attached hydrogen (secondary N) is 1. The Labute approximate surface area is 111 Å². The average molecular weight is 312 g/mol. The first kappa shape index (κ1) is 12.1. The topological polar surface area (TPSA) is 68.0 Å². The van der Waals surface area contributed by atoms with Crippen LogP contribution in [0.3, 0.4) is 0 Å². The van der Waals surface area contributed by atoms with E-state index in [1.54, 1.807) is 30.7 Å². The Morgan fingerprint density at radius 2 is 2.41 bits per heavy atom. The number of fused-ring (bicyclic) bond motifs is 1. The monoisotopic (exact) mass is 311 g/mol. The van der Waals surface area contributed by atoms with Crippen LogP contribution in [-0.4, -0.2) is 17.9 Å². The van der Waals surface area contributed by atoms with Crippen molar-refractivity contribution in [2.45, 2.75) is 0 Å². The van der Waals surface area contributed by atoms with Gasteiger partial charge in [-0.3, -0.25) is 4.79 Å². The molecule has 0 bridgehead atoms. The van der Waals surface area contributed by atoms with Crippen LogP contribution in [0.5, 0.6) is 0 Å². The first-order valence-electron chi connectivity index (χ1n) is 4.84. The van der Waals surface area contributed by atoms with Gasteiger partial charge in [-0.2, -0.15) is 0 Å². The van der Waals surface area contributed by atoms with Gasteiger partial charge in [0.15, 0.2) is 0 Å². The van der Waals surface area contributed by atoms with Gasteiger partial charge < -0.3 is 11.1 Å². The molecule has 6 heteroatoms. The number of anilines is 1. The largest absolute Gasteiger partial charge is 0.383 e. The molecule has 0 atom stereocenters. The first-order valence-corrected chi connectivity index (χ1v) is 6.51. The van der Waals surface area contributed by atoms with E-state index in [0.29, 0.717) is 5.82 Å². The number of pyridine rings is 1. The van der Waals surface area contributed by atoms with Gasteiger partial charge in [0.05, 0.1) is 0 Å². The van der Waals surface area contributed by atoms with Gasteiger partial charge in [0.2, 0.25) is 5.91 Å². The number of halogens is 1. The number of rotatable bonds is 2. The van der Waals surface area contributed by atoms with Crippen molar-refractivity contribution >= 4 is 55.2 Å². The summed E-state index contributed by atoms with van der Waals surface area (Å²) in [6, 6.07) is 0. The molecule has 2 aromatic rings. The molecule has 0 aliphatic carbocycles. The van der Waals surface area contributed by atoms with E-state index in [1.165, 1.54) is 6.08 Å². The summed E-state index contributed by atoms with van der Waals surface area (Å²) in [5, 5.41) is 5.38. The van der Waals surface area contributed by atoms with Gasteiger partial charge in [0.1, 0.15) is 5.82 Å². The molecule has 0 radical (unpaired) electrons. The second-order valence-electron chi connectivity index (χ2n) is 3.33. The van der Waals surface area contributed by atoms with Gasteiger partial charge in [-0.25, -0.2) is 4.98 Å². The Balaban J connectivity index is 2.53. The third kappa shape index (κ3) is 2.32. The summed E-state index contributed by atoms with van der Waals surface area (Å²) in [5.41, 5.74) is 6.70. The minimum absolute atomic E-state index is 0.148. The summed E-state index contributed by atoms with van der Waals surface area (Å²) in [6.45, 7) is 0. The molecular formula is C11H10BrN3OS. The standard InChI is InChI=1S/C11H10BrN3OS/c1-14-8(16)3-2-6-4-15-11(13)9-7(12)5-17-10(6)9/h2-5H,1H3,(H2,13,15)(H,14,16)/b3-2+. The highest BCUT2D eigenvalue weighted by atomic mass is 79.9.